The summed E-state index contributed by atoms with van der Waals surface area (Å²) in [6, 6.07) is 9.04. The Morgan fingerprint density at radius 2 is 1.71 bits per heavy atom. The van der Waals surface area contributed by atoms with Gasteiger partial charge in [0.15, 0.2) is 23.1 Å². The molecule has 1 fully saturated rings. The molecule has 4 heterocycles. The first kappa shape index (κ1) is 16.5. The van der Waals surface area contributed by atoms with Crippen LogP contribution in [0.4, 0.5) is 5.82 Å². The highest BCUT2D eigenvalue weighted by atomic mass is 16.7. The van der Waals surface area contributed by atoms with Crippen LogP contribution < -0.4 is 14.4 Å². The van der Waals surface area contributed by atoms with Crippen molar-refractivity contribution >= 4 is 11.7 Å². The molecular weight excluding hydrogens is 362 g/mol. The number of carbonyl (C=O) groups is 1. The molecule has 3 aromatic rings. The molecular formula is C18H17N7O3. The number of ether oxygens (including phenoxy) is 2. The van der Waals surface area contributed by atoms with Crippen LogP contribution in [-0.2, 0) is 0 Å². The molecule has 0 spiro atoms. The third-order valence-electron chi connectivity index (χ3n) is 4.80. The summed E-state index contributed by atoms with van der Waals surface area (Å²) in [5.74, 6) is 2.67. The Labute approximate surface area is 160 Å². The lowest BCUT2D eigenvalue weighted by Crippen LogP contribution is -2.49. The predicted molar refractivity (Wildman–Crippen MR) is 97.6 cm³/mol. The number of fused-ring (bicyclic) bond motifs is 1. The van der Waals surface area contributed by atoms with E-state index in [1.165, 1.54) is 6.33 Å². The van der Waals surface area contributed by atoms with E-state index in [1.54, 1.807) is 29.2 Å². The molecule has 10 nitrogen and oxygen atoms in total. The number of aromatic nitrogens is 5. The number of anilines is 1. The van der Waals surface area contributed by atoms with E-state index in [0.717, 1.165) is 5.82 Å². The van der Waals surface area contributed by atoms with E-state index in [2.05, 4.69) is 25.2 Å². The van der Waals surface area contributed by atoms with Gasteiger partial charge in [0.05, 0.1) is 0 Å². The smallest absolute Gasteiger partial charge is 0.254 e. The highest BCUT2D eigenvalue weighted by Gasteiger charge is 2.25. The van der Waals surface area contributed by atoms with Gasteiger partial charge in [-0.3, -0.25) is 4.79 Å². The molecule has 1 amide bonds. The fourth-order valence-corrected chi connectivity index (χ4v) is 3.29. The third-order valence-corrected chi connectivity index (χ3v) is 4.80. The minimum absolute atomic E-state index is 0.00874. The van der Waals surface area contributed by atoms with Crippen LogP contribution in [0.5, 0.6) is 11.5 Å². The van der Waals surface area contributed by atoms with Crippen molar-refractivity contribution in [1.29, 1.82) is 0 Å². The van der Waals surface area contributed by atoms with Gasteiger partial charge >= 0.3 is 0 Å². The second kappa shape index (κ2) is 6.80. The van der Waals surface area contributed by atoms with E-state index in [0.29, 0.717) is 49.1 Å². The van der Waals surface area contributed by atoms with Crippen molar-refractivity contribution in [3.8, 4) is 17.3 Å². The second-order valence-electron chi connectivity index (χ2n) is 6.44. The first-order valence-corrected chi connectivity index (χ1v) is 8.90. The Morgan fingerprint density at radius 1 is 0.929 bits per heavy atom. The first-order valence-electron chi connectivity index (χ1n) is 8.90. The number of rotatable bonds is 3. The Hall–Kier alpha value is -3.69. The molecule has 2 aromatic heterocycles. The van der Waals surface area contributed by atoms with Gasteiger partial charge in [0.25, 0.3) is 5.91 Å². The Bertz CT molecular complexity index is 983. The molecule has 0 N–H and O–H groups in total. The summed E-state index contributed by atoms with van der Waals surface area (Å²) in [4.78, 5) is 20.6. The summed E-state index contributed by atoms with van der Waals surface area (Å²) in [7, 11) is 0. The van der Waals surface area contributed by atoms with Gasteiger partial charge in [-0.25, -0.2) is 9.67 Å². The van der Waals surface area contributed by atoms with E-state index in [9.17, 15) is 4.79 Å². The zero-order valence-corrected chi connectivity index (χ0v) is 14.9. The number of amides is 1. The van der Waals surface area contributed by atoms with Crippen molar-refractivity contribution in [3.63, 3.8) is 0 Å². The molecule has 0 aliphatic carbocycles. The molecule has 28 heavy (non-hydrogen) atoms. The van der Waals surface area contributed by atoms with Gasteiger partial charge in [-0.15, -0.1) is 10.2 Å². The van der Waals surface area contributed by atoms with Crippen molar-refractivity contribution in [2.24, 2.45) is 0 Å². The average Bonchev–Trinajstić information content (AvgIpc) is 3.45. The summed E-state index contributed by atoms with van der Waals surface area (Å²) >= 11 is 0. The summed E-state index contributed by atoms with van der Waals surface area (Å²) in [5, 5.41) is 12.5. The van der Waals surface area contributed by atoms with Crippen LogP contribution in [0.1, 0.15) is 10.4 Å². The number of hydrogen-bond donors (Lipinski definition) is 0. The highest BCUT2D eigenvalue weighted by Crippen LogP contribution is 2.32. The maximum Gasteiger partial charge on any atom is 0.254 e. The zero-order valence-electron chi connectivity index (χ0n) is 14.9. The quantitative estimate of drug-likeness (QED) is 0.657. The third kappa shape index (κ3) is 2.98. The van der Waals surface area contributed by atoms with Crippen LogP contribution >= 0.6 is 0 Å². The van der Waals surface area contributed by atoms with Crippen LogP contribution in [0.3, 0.4) is 0 Å². The highest BCUT2D eigenvalue weighted by molar-refractivity contribution is 5.95. The number of carbonyl (C=O) groups excluding carboxylic acids is 1. The minimum atomic E-state index is -0.00874. The maximum absolute atomic E-state index is 12.8. The lowest BCUT2D eigenvalue weighted by Gasteiger charge is -2.35. The van der Waals surface area contributed by atoms with E-state index >= 15 is 0 Å². The van der Waals surface area contributed by atoms with Gasteiger partial charge in [-0.2, -0.15) is 5.10 Å². The van der Waals surface area contributed by atoms with Crippen molar-refractivity contribution in [2.45, 2.75) is 0 Å². The van der Waals surface area contributed by atoms with Crippen LogP contribution in [0.25, 0.3) is 5.82 Å². The van der Waals surface area contributed by atoms with Crippen molar-refractivity contribution in [3.05, 3.63) is 48.5 Å². The Kier molecular flexibility index (Phi) is 4.00. The molecule has 0 unspecified atom stereocenters. The second-order valence-corrected chi connectivity index (χ2v) is 6.44. The summed E-state index contributed by atoms with van der Waals surface area (Å²) < 4.78 is 12.2. The van der Waals surface area contributed by atoms with Gasteiger partial charge in [0, 0.05) is 31.7 Å². The minimum Gasteiger partial charge on any atom is -0.454 e. The van der Waals surface area contributed by atoms with Gasteiger partial charge in [0.1, 0.15) is 12.7 Å². The lowest BCUT2D eigenvalue weighted by molar-refractivity contribution is 0.0746. The van der Waals surface area contributed by atoms with Crippen molar-refractivity contribution < 1.29 is 14.3 Å². The van der Waals surface area contributed by atoms with E-state index in [1.807, 2.05) is 17.0 Å². The van der Waals surface area contributed by atoms with Gasteiger partial charge in [-0.05, 0) is 30.3 Å². The van der Waals surface area contributed by atoms with E-state index < -0.39 is 0 Å². The molecule has 10 heteroatoms. The molecule has 1 aromatic carbocycles. The maximum atomic E-state index is 12.8. The molecule has 142 valence electrons. The molecule has 0 radical (unpaired) electrons. The molecule has 5 rings (SSSR count). The number of piperazine rings is 1. The lowest BCUT2D eigenvalue weighted by atomic mass is 10.1. The number of hydrogen-bond acceptors (Lipinski definition) is 8. The van der Waals surface area contributed by atoms with E-state index in [-0.39, 0.29) is 12.7 Å². The molecule has 1 saturated heterocycles. The van der Waals surface area contributed by atoms with Crippen molar-refractivity contribution in [1.82, 2.24) is 29.9 Å². The van der Waals surface area contributed by atoms with Crippen LogP contribution in [0, 0.1) is 0 Å². The summed E-state index contributed by atoms with van der Waals surface area (Å²) in [6.45, 7) is 2.79. The van der Waals surface area contributed by atoms with Crippen LogP contribution in [-0.4, -0.2) is 68.7 Å². The summed E-state index contributed by atoms with van der Waals surface area (Å²) in [5.41, 5.74) is 0.606. The normalized spacial score (nSPS) is 15.7. The standard InChI is InChI=1S/C18H17N7O3/c26-18(13-1-2-14-15(9-13)28-12-27-14)24-7-5-23(6-8-24)16-3-4-17(22-21-16)25-11-19-10-20-25/h1-4,9-11H,5-8,12H2. The van der Waals surface area contributed by atoms with Crippen LogP contribution in [0.15, 0.2) is 43.0 Å². The van der Waals surface area contributed by atoms with E-state index in [4.69, 9.17) is 9.47 Å². The first-order chi connectivity index (χ1) is 13.8. The fraction of sp³-hybridized carbons (Fsp3) is 0.278. The molecule has 0 bridgehead atoms. The Balaban J connectivity index is 1.23. The molecule has 0 saturated carbocycles. The topological polar surface area (TPSA) is 98.5 Å². The number of nitrogens with zero attached hydrogens (tertiary/aromatic N) is 7. The monoisotopic (exact) mass is 379 g/mol. The molecule has 2 aliphatic heterocycles. The predicted octanol–water partition coefficient (Wildman–Crippen LogP) is 0.748. The average molecular weight is 379 g/mol. The molecule has 2 aliphatic rings. The van der Waals surface area contributed by atoms with Crippen LogP contribution in [0.2, 0.25) is 0 Å². The van der Waals surface area contributed by atoms with Gasteiger partial charge in [-0.1, -0.05) is 0 Å². The molecule has 0 atom stereocenters. The number of benzene rings is 1. The largest absolute Gasteiger partial charge is 0.454 e. The fourth-order valence-electron chi connectivity index (χ4n) is 3.29. The summed E-state index contributed by atoms with van der Waals surface area (Å²) in [6.07, 6.45) is 3.02. The SMILES string of the molecule is O=C(c1ccc2c(c1)OCO2)N1CCN(c2ccc(-n3cncn3)nn2)CC1. The van der Waals surface area contributed by atoms with Gasteiger partial charge < -0.3 is 19.3 Å². The zero-order chi connectivity index (χ0) is 18.9. The van der Waals surface area contributed by atoms with Crippen molar-refractivity contribution in [2.75, 3.05) is 37.9 Å². The Morgan fingerprint density at radius 3 is 2.46 bits per heavy atom. The van der Waals surface area contributed by atoms with Gasteiger partial charge in [0.2, 0.25) is 6.79 Å².